The van der Waals surface area contributed by atoms with Crippen LogP contribution >= 0.6 is 11.6 Å². The quantitative estimate of drug-likeness (QED) is 0.446. The number of hydrogen-bond donors (Lipinski definition) is 1. The second kappa shape index (κ2) is 9.62. The van der Waals surface area contributed by atoms with Crippen molar-refractivity contribution < 1.29 is 4.79 Å². The summed E-state index contributed by atoms with van der Waals surface area (Å²) in [5, 5.41) is 8.13. The summed E-state index contributed by atoms with van der Waals surface area (Å²) in [6.45, 7) is 2.46. The SMILES string of the molecule is CCn1nc(-c2ccccc2)c(-c2ccccc2)c(C(=O)NCc2ccc(Cl)cc2)c1=O. The summed E-state index contributed by atoms with van der Waals surface area (Å²) >= 11 is 5.95. The van der Waals surface area contributed by atoms with Crippen molar-refractivity contribution in [1.29, 1.82) is 0 Å². The summed E-state index contributed by atoms with van der Waals surface area (Å²) in [6.07, 6.45) is 0. The number of aryl methyl sites for hydroxylation is 1. The number of carbonyl (C=O) groups is 1. The Kier molecular flexibility index (Phi) is 6.47. The van der Waals surface area contributed by atoms with E-state index < -0.39 is 11.5 Å². The normalized spacial score (nSPS) is 10.7. The summed E-state index contributed by atoms with van der Waals surface area (Å²) in [4.78, 5) is 26.7. The number of nitrogens with one attached hydrogen (secondary N) is 1. The highest BCUT2D eigenvalue weighted by Gasteiger charge is 2.24. The molecule has 3 aromatic carbocycles. The summed E-state index contributed by atoms with van der Waals surface area (Å²) in [7, 11) is 0. The monoisotopic (exact) mass is 443 g/mol. The van der Waals surface area contributed by atoms with Crippen molar-refractivity contribution in [2.75, 3.05) is 0 Å². The Bertz CT molecular complexity index is 1280. The van der Waals surface area contributed by atoms with Crippen LogP contribution in [-0.2, 0) is 13.1 Å². The molecule has 1 aromatic heterocycles. The summed E-state index contributed by atoms with van der Waals surface area (Å²) in [5.41, 5.74) is 3.27. The van der Waals surface area contributed by atoms with Gasteiger partial charge in [0, 0.05) is 29.2 Å². The fourth-order valence-electron chi connectivity index (χ4n) is 3.55. The van der Waals surface area contributed by atoms with Gasteiger partial charge in [-0.05, 0) is 30.2 Å². The summed E-state index contributed by atoms with van der Waals surface area (Å²) in [6, 6.07) is 26.2. The first-order chi connectivity index (χ1) is 15.6. The maximum atomic E-state index is 13.4. The fourth-order valence-corrected chi connectivity index (χ4v) is 3.68. The highest BCUT2D eigenvalue weighted by atomic mass is 35.5. The molecular weight excluding hydrogens is 422 g/mol. The van der Waals surface area contributed by atoms with Crippen LogP contribution in [0.1, 0.15) is 22.8 Å². The van der Waals surface area contributed by atoms with Gasteiger partial charge in [-0.3, -0.25) is 9.59 Å². The fraction of sp³-hybridized carbons (Fsp3) is 0.115. The molecule has 1 amide bonds. The molecule has 0 fully saturated rings. The van der Waals surface area contributed by atoms with Crippen molar-refractivity contribution in [3.8, 4) is 22.4 Å². The minimum Gasteiger partial charge on any atom is -0.348 e. The smallest absolute Gasteiger partial charge is 0.280 e. The van der Waals surface area contributed by atoms with Gasteiger partial charge in [0.15, 0.2) is 0 Å². The van der Waals surface area contributed by atoms with Crippen molar-refractivity contribution in [2.24, 2.45) is 0 Å². The predicted molar refractivity (Wildman–Crippen MR) is 128 cm³/mol. The van der Waals surface area contributed by atoms with E-state index in [1.165, 1.54) is 4.68 Å². The molecule has 1 heterocycles. The first-order valence-corrected chi connectivity index (χ1v) is 10.7. The zero-order valence-electron chi connectivity index (χ0n) is 17.6. The number of benzene rings is 3. The standard InChI is InChI=1S/C26H22ClN3O2/c1-2-30-26(32)23(25(31)28-17-18-13-15-21(27)16-14-18)22(19-9-5-3-6-10-19)24(29-30)20-11-7-4-8-12-20/h3-16H,2,17H2,1H3,(H,28,31). The lowest BCUT2D eigenvalue weighted by Gasteiger charge is -2.17. The van der Waals surface area contributed by atoms with Crippen molar-refractivity contribution in [1.82, 2.24) is 15.1 Å². The van der Waals surface area contributed by atoms with Gasteiger partial charge in [-0.2, -0.15) is 5.10 Å². The number of nitrogens with zero attached hydrogens (tertiary/aromatic N) is 2. The first kappa shape index (κ1) is 21.5. The van der Waals surface area contributed by atoms with Crippen LogP contribution in [-0.4, -0.2) is 15.7 Å². The molecule has 5 nitrogen and oxygen atoms in total. The third-order valence-electron chi connectivity index (χ3n) is 5.16. The zero-order valence-corrected chi connectivity index (χ0v) is 18.3. The molecule has 4 aromatic rings. The van der Waals surface area contributed by atoms with Crippen LogP contribution < -0.4 is 10.9 Å². The lowest BCUT2D eigenvalue weighted by atomic mass is 9.95. The minimum atomic E-state index is -0.439. The highest BCUT2D eigenvalue weighted by molar-refractivity contribution is 6.30. The van der Waals surface area contributed by atoms with E-state index in [-0.39, 0.29) is 12.1 Å². The van der Waals surface area contributed by atoms with E-state index in [0.717, 1.165) is 16.7 Å². The molecule has 0 aliphatic carbocycles. The van der Waals surface area contributed by atoms with E-state index in [9.17, 15) is 9.59 Å². The minimum absolute atomic E-state index is 0.0841. The van der Waals surface area contributed by atoms with Crippen LogP contribution in [0.5, 0.6) is 0 Å². The van der Waals surface area contributed by atoms with Gasteiger partial charge >= 0.3 is 0 Å². The molecule has 0 saturated heterocycles. The van der Waals surface area contributed by atoms with Crippen LogP contribution in [0.15, 0.2) is 89.7 Å². The number of rotatable bonds is 6. The molecule has 160 valence electrons. The molecule has 4 rings (SSSR count). The zero-order chi connectivity index (χ0) is 22.5. The van der Waals surface area contributed by atoms with Crippen molar-refractivity contribution in [2.45, 2.75) is 20.0 Å². The molecule has 0 bridgehead atoms. The Hall–Kier alpha value is -3.70. The largest absolute Gasteiger partial charge is 0.348 e. The maximum absolute atomic E-state index is 13.4. The highest BCUT2D eigenvalue weighted by Crippen LogP contribution is 2.32. The molecule has 0 aliphatic rings. The second-order valence-corrected chi connectivity index (χ2v) is 7.70. The van der Waals surface area contributed by atoms with Gasteiger partial charge in [0.05, 0.1) is 5.69 Å². The topological polar surface area (TPSA) is 64.0 Å². The second-order valence-electron chi connectivity index (χ2n) is 7.26. The van der Waals surface area contributed by atoms with Gasteiger partial charge in [-0.1, -0.05) is 84.4 Å². The lowest BCUT2D eigenvalue weighted by molar-refractivity contribution is 0.0949. The number of hydrogen-bond acceptors (Lipinski definition) is 3. The first-order valence-electron chi connectivity index (χ1n) is 10.4. The predicted octanol–water partition coefficient (Wildman–Crippen LogP) is 5.18. The number of halogens is 1. The Morgan fingerprint density at radius 3 is 2.09 bits per heavy atom. The van der Waals surface area contributed by atoms with Gasteiger partial charge in [-0.25, -0.2) is 4.68 Å². The summed E-state index contributed by atoms with van der Waals surface area (Å²) in [5.74, 6) is -0.439. The maximum Gasteiger partial charge on any atom is 0.280 e. The van der Waals surface area contributed by atoms with Crippen LogP contribution in [0, 0.1) is 0 Å². The van der Waals surface area contributed by atoms with Gasteiger partial charge in [-0.15, -0.1) is 0 Å². The Balaban J connectivity index is 1.87. The van der Waals surface area contributed by atoms with E-state index in [1.807, 2.05) is 79.7 Å². The van der Waals surface area contributed by atoms with Crippen molar-refractivity contribution >= 4 is 17.5 Å². The average molecular weight is 444 g/mol. The van der Waals surface area contributed by atoms with Crippen molar-refractivity contribution in [3.05, 3.63) is 111 Å². The molecular formula is C26H22ClN3O2. The van der Waals surface area contributed by atoms with Crippen molar-refractivity contribution in [3.63, 3.8) is 0 Å². The van der Waals surface area contributed by atoms with E-state index in [0.29, 0.717) is 22.8 Å². The van der Waals surface area contributed by atoms with Gasteiger partial charge in [0.1, 0.15) is 5.56 Å². The Morgan fingerprint density at radius 2 is 1.50 bits per heavy atom. The van der Waals surface area contributed by atoms with Gasteiger partial charge in [0.2, 0.25) is 0 Å². The van der Waals surface area contributed by atoms with E-state index in [2.05, 4.69) is 10.4 Å². The van der Waals surface area contributed by atoms with Crippen LogP contribution in [0.2, 0.25) is 5.02 Å². The molecule has 0 spiro atoms. The third-order valence-corrected chi connectivity index (χ3v) is 5.41. The van der Waals surface area contributed by atoms with E-state index in [1.54, 1.807) is 12.1 Å². The lowest BCUT2D eigenvalue weighted by Crippen LogP contribution is -2.35. The molecule has 0 radical (unpaired) electrons. The number of amides is 1. The average Bonchev–Trinajstić information content (AvgIpc) is 2.84. The third kappa shape index (κ3) is 4.48. The van der Waals surface area contributed by atoms with Crippen LogP contribution in [0.3, 0.4) is 0 Å². The molecule has 0 saturated carbocycles. The Morgan fingerprint density at radius 1 is 0.906 bits per heavy atom. The molecule has 0 atom stereocenters. The molecule has 6 heteroatoms. The number of aromatic nitrogens is 2. The molecule has 0 unspecified atom stereocenters. The molecule has 1 N–H and O–H groups in total. The molecule has 0 aliphatic heterocycles. The summed E-state index contributed by atoms with van der Waals surface area (Å²) < 4.78 is 1.34. The number of carbonyl (C=O) groups excluding carboxylic acids is 1. The van der Waals surface area contributed by atoms with Gasteiger partial charge < -0.3 is 5.32 Å². The van der Waals surface area contributed by atoms with E-state index in [4.69, 9.17) is 11.6 Å². The van der Waals surface area contributed by atoms with Crippen LogP contribution in [0.4, 0.5) is 0 Å². The van der Waals surface area contributed by atoms with Crippen LogP contribution in [0.25, 0.3) is 22.4 Å². The van der Waals surface area contributed by atoms with E-state index >= 15 is 0 Å². The molecule has 32 heavy (non-hydrogen) atoms. The Labute approximate surface area is 191 Å². The van der Waals surface area contributed by atoms with Gasteiger partial charge in [0.25, 0.3) is 11.5 Å².